The van der Waals surface area contributed by atoms with E-state index in [-0.39, 0.29) is 13.2 Å². The van der Waals surface area contributed by atoms with Gasteiger partial charge in [0, 0.05) is 38.7 Å². The van der Waals surface area contributed by atoms with Crippen LogP contribution in [-0.2, 0) is 12.7 Å². The molecule has 0 amide bonds. The predicted octanol–water partition coefficient (Wildman–Crippen LogP) is 2.15. The number of halogens is 3. The number of pyridine rings is 1. The van der Waals surface area contributed by atoms with Crippen LogP contribution in [0, 0.1) is 0 Å². The van der Waals surface area contributed by atoms with Crippen LogP contribution in [-0.4, -0.2) is 42.3 Å². The molecule has 6 nitrogen and oxygen atoms in total. The van der Waals surface area contributed by atoms with Gasteiger partial charge in [0.15, 0.2) is 5.96 Å². The molecule has 0 aromatic carbocycles. The molecule has 0 radical (unpaired) electrons. The molecule has 2 heterocycles. The summed E-state index contributed by atoms with van der Waals surface area (Å²) in [6.45, 7) is 1.75. The normalized spacial score (nSPS) is 12.1. The van der Waals surface area contributed by atoms with Crippen molar-refractivity contribution in [1.82, 2.24) is 20.2 Å². The molecule has 0 bridgehead atoms. The number of guanidine groups is 1. The van der Waals surface area contributed by atoms with Crippen LogP contribution in [0.4, 0.5) is 13.2 Å². The number of aromatic nitrogens is 2. The van der Waals surface area contributed by atoms with E-state index in [2.05, 4.69) is 20.6 Å². The van der Waals surface area contributed by atoms with Crippen LogP contribution in [0.2, 0.25) is 0 Å². The van der Waals surface area contributed by atoms with E-state index in [0.29, 0.717) is 12.5 Å². The first kappa shape index (κ1) is 18.6. The lowest BCUT2D eigenvalue weighted by atomic mass is 10.2. The Morgan fingerprint density at radius 1 is 1.20 bits per heavy atom. The lowest BCUT2D eigenvalue weighted by Crippen LogP contribution is -2.40. The summed E-state index contributed by atoms with van der Waals surface area (Å²) in [5.74, 6) is 0.125. The van der Waals surface area contributed by atoms with Crippen LogP contribution < -0.4 is 15.4 Å². The van der Waals surface area contributed by atoms with Crippen LogP contribution in [0.15, 0.2) is 47.8 Å². The molecule has 0 aliphatic heterocycles. The summed E-state index contributed by atoms with van der Waals surface area (Å²) in [5.41, 5.74) is -0.885. The second kappa shape index (κ2) is 8.95. The van der Waals surface area contributed by atoms with Crippen molar-refractivity contribution in [3.63, 3.8) is 0 Å². The largest absolute Gasteiger partial charge is 0.475 e. The van der Waals surface area contributed by atoms with E-state index < -0.39 is 17.6 Å². The third kappa shape index (κ3) is 6.02. The molecule has 0 saturated carbocycles. The van der Waals surface area contributed by atoms with Gasteiger partial charge in [-0.3, -0.25) is 4.99 Å². The minimum Gasteiger partial charge on any atom is -0.475 e. The molecular formula is C16H20F3N5O. The Balaban J connectivity index is 1.73. The molecule has 2 aromatic rings. The molecule has 25 heavy (non-hydrogen) atoms. The Kier molecular flexibility index (Phi) is 6.67. The van der Waals surface area contributed by atoms with Crippen molar-refractivity contribution in [2.75, 3.05) is 26.7 Å². The number of rotatable bonds is 7. The molecule has 2 aromatic heterocycles. The van der Waals surface area contributed by atoms with Gasteiger partial charge in [0.2, 0.25) is 5.88 Å². The number of nitrogens with zero attached hydrogens (tertiary/aromatic N) is 3. The van der Waals surface area contributed by atoms with Gasteiger partial charge in [-0.25, -0.2) is 4.98 Å². The first-order valence-corrected chi connectivity index (χ1v) is 7.71. The molecule has 0 aliphatic carbocycles. The summed E-state index contributed by atoms with van der Waals surface area (Å²) in [7, 11) is 1.62. The summed E-state index contributed by atoms with van der Waals surface area (Å²) in [6.07, 6.45) is 0.681. The topological polar surface area (TPSA) is 63.5 Å². The number of hydrogen-bond donors (Lipinski definition) is 2. The van der Waals surface area contributed by atoms with E-state index in [1.807, 2.05) is 29.1 Å². The Labute approximate surface area is 143 Å². The highest BCUT2D eigenvalue weighted by molar-refractivity contribution is 5.79. The summed E-state index contributed by atoms with van der Waals surface area (Å²) in [4.78, 5) is 7.68. The lowest BCUT2D eigenvalue weighted by Gasteiger charge is -2.14. The number of aliphatic imine (C=N–C) groups is 1. The average molecular weight is 355 g/mol. The van der Waals surface area contributed by atoms with Gasteiger partial charge in [-0.05, 0) is 24.3 Å². The minimum atomic E-state index is -4.49. The van der Waals surface area contributed by atoms with Crippen LogP contribution in [0.3, 0.4) is 0 Å². The smallest absolute Gasteiger partial charge is 0.421 e. The number of ether oxygens (including phenoxy) is 1. The van der Waals surface area contributed by atoms with Crippen molar-refractivity contribution in [3.8, 4) is 5.88 Å². The van der Waals surface area contributed by atoms with Crippen molar-refractivity contribution in [1.29, 1.82) is 0 Å². The summed E-state index contributed by atoms with van der Waals surface area (Å²) in [6, 6.07) is 6.05. The Bertz CT molecular complexity index is 671. The highest BCUT2D eigenvalue weighted by atomic mass is 19.4. The van der Waals surface area contributed by atoms with Gasteiger partial charge in [-0.15, -0.1) is 0 Å². The maximum Gasteiger partial charge on any atom is 0.421 e. The van der Waals surface area contributed by atoms with Crippen molar-refractivity contribution < 1.29 is 17.9 Å². The third-order valence-corrected chi connectivity index (χ3v) is 3.26. The molecule has 0 saturated heterocycles. The second-order valence-electron chi connectivity index (χ2n) is 5.05. The highest BCUT2D eigenvalue weighted by Gasteiger charge is 2.34. The van der Waals surface area contributed by atoms with E-state index in [4.69, 9.17) is 4.74 Å². The maximum absolute atomic E-state index is 12.8. The SMILES string of the molecule is CN=C(NCCOc1ncccc1C(F)(F)F)NCCn1cccc1. The van der Waals surface area contributed by atoms with E-state index in [9.17, 15) is 13.2 Å². The highest BCUT2D eigenvalue weighted by Crippen LogP contribution is 2.34. The molecule has 2 N–H and O–H groups in total. The van der Waals surface area contributed by atoms with E-state index >= 15 is 0 Å². The molecule has 0 atom stereocenters. The zero-order valence-corrected chi connectivity index (χ0v) is 13.8. The van der Waals surface area contributed by atoms with Gasteiger partial charge in [0.05, 0.1) is 6.54 Å². The van der Waals surface area contributed by atoms with Gasteiger partial charge < -0.3 is 19.9 Å². The number of nitrogens with one attached hydrogen (secondary N) is 2. The van der Waals surface area contributed by atoms with Gasteiger partial charge in [-0.2, -0.15) is 13.2 Å². The Hall–Kier alpha value is -2.71. The van der Waals surface area contributed by atoms with Crippen LogP contribution in [0.25, 0.3) is 0 Å². The third-order valence-electron chi connectivity index (χ3n) is 3.26. The number of hydrogen-bond acceptors (Lipinski definition) is 3. The van der Waals surface area contributed by atoms with Gasteiger partial charge in [0.25, 0.3) is 0 Å². The monoisotopic (exact) mass is 355 g/mol. The average Bonchev–Trinajstić information content (AvgIpc) is 3.10. The molecule has 0 aliphatic rings. The minimum absolute atomic E-state index is 0.0262. The molecule has 0 fully saturated rings. The van der Waals surface area contributed by atoms with Crippen LogP contribution in [0.1, 0.15) is 5.56 Å². The zero-order valence-electron chi connectivity index (χ0n) is 13.8. The first-order chi connectivity index (χ1) is 12.0. The first-order valence-electron chi connectivity index (χ1n) is 7.71. The fourth-order valence-corrected chi connectivity index (χ4v) is 2.08. The van der Waals surface area contributed by atoms with E-state index in [0.717, 1.165) is 12.6 Å². The van der Waals surface area contributed by atoms with Crippen molar-refractivity contribution in [2.45, 2.75) is 12.7 Å². The zero-order chi connectivity index (χ0) is 18.1. The molecule has 9 heteroatoms. The number of alkyl halides is 3. The molecular weight excluding hydrogens is 335 g/mol. The fourth-order valence-electron chi connectivity index (χ4n) is 2.08. The van der Waals surface area contributed by atoms with Crippen molar-refractivity contribution >= 4 is 5.96 Å². The van der Waals surface area contributed by atoms with Gasteiger partial charge in [-0.1, -0.05) is 0 Å². The van der Waals surface area contributed by atoms with Gasteiger partial charge >= 0.3 is 6.18 Å². The standard InChI is InChI=1S/C16H20F3N5O/c1-20-15(22-7-11-24-9-2-3-10-24)23-8-12-25-14-13(16(17,18)19)5-4-6-21-14/h2-6,9-10H,7-8,11-12H2,1H3,(H2,20,22,23). The van der Waals surface area contributed by atoms with Crippen molar-refractivity contribution in [2.24, 2.45) is 4.99 Å². The van der Waals surface area contributed by atoms with E-state index in [1.54, 1.807) is 7.05 Å². The van der Waals surface area contributed by atoms with Crippen LogP contribution in [0.5, 0.6) is 5.88 Å². The molecule has 136 valence electrons. The summed E-state index contributed by atoms with van der Waals surface area (Å²) in [5, 5.41) is 6.08. The summed E-state index contributed by atoms with van der Waals surface area (Å²) < 4.78 is 45.6. The maximum atomic E-state index is 12.8. The Morgan fingerprint density at radius 3 is 2.60 bits per heavy atom. The quantitative estimate of drug-likeness (QED) is 0.454. The van der Waals surface area contributed by atoms with Gasteiger partial charge in [0.1, 0.15) is 12.2 Å². The van der Waals surface area contributed by atoms with E-state index in [1.165, 1.54) is 12.3 Å². The fraction of sp³-hybridized carbons (Fsp3) is 0.375. The second-order valence-corrected chi connectivity index (χ2v) is 5.05. The predicted molar refractivity (Wildman–Crippen MR) is 88.5 cm³/mol. The Morgan fingerprint density at radius 2 is 1.92 bits per heavy atom. The molecule has 0 unspecified atom stereocenters. The van der Waals surface area contributed by atoms with Crippen molar-refractivity contribution in [3.05, 3.63) is 48.4 Å². The molecule has 0 spiro atoms. The van der Waals surface area contributed by atoms with Crippen LogP contribution >= 0.6 is 0 Å². The molecule has 2 rings (SSSR count). The lowest BCUT2D eigenvalue weighted by molar-refractivity contribution is -0.139. The summed E-state index contributed by atoms with van der Waals surface area (Å²) >= 11 is 0.